The molecule has 174 valence electrons. The van der Waals surface area contributed by atoms with E-state index in [0.29, 0.717) is 22.7 Å². The van der Waals surface area contributed by atoms with Gasteiger partial charge in [0.15, 0.2) is 5.76 Å². The van der Waals surface area contributed by atoms with Crippen LogP contribution in [0.25, 0.3) is 11.0 Å². The second-order valence-corrected chi connectivity index (χ2v) is 10.0. The van der Waals surface area contributed by atoms with Gasteiger partial charge in [0.05, 0.1) is 5.56 Å². The second kappa shape index (κ2) is 9.06. The van der Waals surface area contributed by atoms with Gasteiger partial charge in [-0.3, -0.25) is 14.6 Å². The average Bonchev–Trinajstić information content (AvgIpc) is 3.35. The van der Waals surface area contributed by atoms with Gasteiger partial charge in [0, 0.05) is 34.8 Å². The Kier molecular flexibility index (Phi) is 5.96. The van der Waals surface area contributed by atoms with Gasteiger partial charge in [-0.2, -0.15) is 0 Å². The molecule has 0 radical (unpaired) electrons. The molecule has 0 bridgehead atoms. The van der Waals surface area contributed by atoms with Crippen molar-refractivity contribution in [3.63, 3.8) is 0 Å². The number of hydrogen-bond donors (Lipinski definition) is 2. The third-order valence-corrected chi connectivity index (χ3v) is 7.77. The number of aromatic nitrogens is 1. The third kappa shape index (κ3) is 4.12. The van der Waals surface area contributed by atoms with Crippen molar-refractivity contribution < 1.29 is 14.0 Å². The summed E-state index contributed by atoms with van der Waals surface area (Å²) < 4.78 is 5.96. The molecule has 0 spiro atoms. The molecule has 2 N–H and O–H groups in total. The van der Waals surface area contributed by atoms with Crippen LogP contribution in [0, 0.1) is 20.8 Å². The number of benzene rings is 1. The maximum Gasteiger partial charge on any atom is 0.292 e. The van der Waals surface area contributed by atoms with Crippen molar-refractivity contribution in [1.82, 2.24) is 10.3 Å². The molecule has 3 aromatic heterocycles. The first-order chi connectivity index (χ1) is 16.4. The molecule has 3 heterocycles. The first-order valence-electron chi connectivity index (χ1n) is 11.6. The van der Waals surface area contributed by atoms with Crippen molar-refractivity contribution in [2.45, 2.75) is 53.0 Å². The lowest BCUT2D eigenvalue weighted by atomic mass is 9.95. The van der Waals surface area contributed by atoms with Crippen molar-refractivity contribution in [2.24, 2.45) is 0 Å². The highest BCUT2D eigenvalue weighted by Crippen LogP contribution is 2.39. The van der Waals surface area contributed by atoms with Gasteiger partial charge in [-0.1, -0.05) is 6.07 Å². The smallest absolute Gasteiger partial charge is 0.292 e. The Morgan fingerprint density at radius 3 is 2.68 bits per heavy atom. The zero-order valence-corrected chi connectivity index (χ0v) is 20.4. The van der Waals surface area contributed by atoms with E-state index >= 15 is 0 Å². The van der Waals surface area contributed by atoms with E-state index in [0.717, 1.165) is 58.9 Å². The minimum absolute atomic E-state index is 0.175. The van der Waals surface area contributed by atoms with Crippen LogP contribution in [-0.2, 0) is 19.4 Å². The van der Waals surface area contributed by atoms with Crippen LogP contribution >= 0.6 is 11.3 Å². The van der Waals surface area contributed by atoms with E-state index in [4.69, 9.17) is 4.42 Å². The van der Waals surface area contributed by atoms with Gasteiger partial charge in [-0.15, -0.1) is 11.3 Å². The summed E-state index contributed by atoms with van der Waals surface area (Å²) in [4.78, 5) is 31.9. The van der Waals surface area contributed by atoms with Crippen molar-refractivity contribution in [3.8, 4) is 0 Å². The molecule has 0 saturated carbocycles. The highest BCUT2D eigenvalue weighted by molar-refractivity contribution is 7.17. The zero-order chi connectivity index (χ0) is 23.8. The number of furan rings is 1. The second-order valence-electron chi connectivity index (χ2n) is 8.90. The maximum atomic E-state index is 13.3. The SMILES string of the molecule is Cc1cc2oc(C(=O)Nc3sc4c(c3C(=O)NCc3cccnc3)CCCC4)c(C)c2cc1C. The van der Waals surface area contributed by atoms with E-state index < -0.39 is 0 Å². The maximum absolute atomic E-state index is 13.3. The summed E-state index contributed by atoms with van der Waals surface area (Å²) in [6.45, 7) is 6.36. The number of carbonyl (C=O) groups excluding carboxylic acids is 2. The van der Waals surface area contributed by atoms with Gasteiger partial charge in [0.1, 0.15) is 10.6 Å². The number of amides is 2. The topological polar surface area (TPSA) is 84.2 Å². The zero-order valence-electron chi connectivity index (χ0n) is 19.6. The van der Waals surface area contributed by atoms with Gasteiger partial charge in [-0.25, -0.2) is 0 Å². The predicted octanol–water partition coefficient (Wildman–Crippen LogP) is 5.88. The summed E-state index contributed by atoms with van der Waals surface area (Å²) in [7, 11) is 0. The average molecular weight is 474 g/mol. The van der Waals surface area contributed by atoms with Gasteiger partial charge in [0.2, 0.25) is 0 Å². The van der Waals surface area contributed by atoms with Crippen LogP contribution in [0.5, 0.6) is 0 Å². The lowest BCUT2D eigenvalue weighted by molar-refractivity contribution is 0.0951. The largest absolute Gasteiger partial charge is 0.451 e. The molecule has 1 aliphatic carbocycles. The Hall–Kier alpha value is -3.45. The molecular formula is C27H27N3O3S. The van der Waals surface area contributed by atoms with Crippen molar-refractivity contribution >= 4 is 39.1 Å². The molecule has 6 nitrogen and oxygen atoms in total. The van der Waals surface area contributed by atoms with Crippen LogP contribution in [0.4, 0.5) is 5.00 Å². The van der Waals surface area contributed by atoms with Gasteiger partial charge < -0.3 is 15.1 Å². The Balaban J connectivity index is 1.45. The van der Waals surface area contributed by atoms with Crippen molar-refractivity contribution in [1.29, 1.82) is 0 Å². The van der Waals surface area contributed by atoms with Gasteiger partial charge in [0.25, 0.3) is 11.8 Å². The number of nitrogens with one attached hydrogen (secondary N) is 2. The van der Waals surface area contributed by atoms with E-state index in [1.54, 1.807) is 12.4 Å². The third-order valence-electron chi connectivity index (χ3n) is 6.56. The molecular weight excluding hydrogens is 446 g/mol. The fourth-order valence-corrected chi connectivity index (χ4v) is 5.80. The highest BCUT2D eigenvalue weighted by atomic mass is 32.1. The molecule has 7 heteroatoms. The molecule has 1 aromatic carbocycles. The number of nitrogens with zero attached hydrogens (tertiary/aromatic N) is 1. The van der Waals surface area contributed by atoms with Crippen molar-refractivity contribution in [2.75, 3.05) is 5.32 Å². The first-order valence-corrected chi connectivity index (χ1v) is 12.4. The molecule has 0 atom stereocenters. The molecule has 4 aromatic rings. The summed E-state index contributed by atoms with van der Waals surface area (Å²) in [5.74, 6) is -0.219. The molecule has 5 rings (SSSR count). The number of carbonyl (C=O) groups is 2. The van der Waals surface area contributed by atoms with Crippen molar-refractivity contribution in [3.05, 3.63) is 80.7 Å². The lowest BCUT2D eigenvalue weighted by Gasteiger charge is -2.13. The van der Waals surface area contributed by atoms with Crippen LogP contribution in [0.3, 0.4) is 0 Å². The minimum Gasteiger partial charge on any atom is -0.451 e. The normalized spacial score (nSPS) is 13.0. The molecule has 0 unspecified atom stereocenters. The van der Waals surface area contributed by atoms with Crippen LogP contribution in [0.2, 0.25) is 0 Å². The number of anilines is 1. The van der Waals surface area contributed by atoms with Gasteiger partial charge in [-0.05, 0) is 86.9 Å². The Labute approximate surface area is 202 Å². The summed E-state index contributed by atoms with van der Waals surface area (Å²) >= 11 is 1.51. The molecule has 0 fully saturated rings. The lowest BCUT2D eigenvalue weighted by Crippen LogP contribution is -2.25. The van der Waals surface area contributed by atoms with Gasteiger partial charge >= 0.3 is 0 Å². The van der Waals surface area contributed by atoms with Crippen LogP contribution in [0.15, 0.2) is 41.1 Å². The van der Waals surface area contributed by atoms with Crippen LogP contribution < -0.4 is 10.6 Å². The van der Waals surface area contributed by atoms with E-state index in [2.05, 4.69) is 21.7 Å². The Morgan fingerprint density at radius 1 is 1.09 bits per heavy atom. The van der Waals surface area contributed by atoms with E-state index in [9.17, 15) is 9.59 Å². The first kappa shape index (κ1) is 22.3. The summed E-state index contributed by atoms with van der Waals surface area (Å²) in [6.07, 6.45) is 7.36. The quantitative estimate of drug-likeness (QED) is 0.379. The molecule has 2 amide bonds. The number of rotatable bonds is 5. The summed E-state index contributed by atoms with van der Waals surface area (Å²) in [5.41, 5.74) is 6.34. The summed E-state index contributed by atoms with van der Waals surface area (Å²) in [5, 5.41) is 7.54. The fraction of sp³-hybridized carbons (Fsp3) is 0.296. The number of fused-ring (bicyclic) bond motifs is 2. The van der Waals surface area contributed by atoms with Crippen LogP contribution in [0.1, 0.15) is 66.4 Å². The predicted molar refractivity (Wildman–Crippen MR) is 135 cm³/mol. The van der Waals surface area contributed by atoms with E-state index in [1.807, 2.05) is 39.0 Å². The Morgan fingerprint density at radius 2 is 1.88 bits per heavy atom. The standard InChI is InChI=1S/C27H27N3O3S/c1-15-11-20-17(3)24(33-21(20)12-16(15)2)26(32)30-27-23(19-8-4-5-9-22(19)34-27)25(31)29-14-18-7-6-10-28-13-18/h6-7,10-13H,4-5,8-9,14H2,1-3H3,(H,29,31)(H,30,32). The number of hydrogen-bond acceptors (Lipinski definition) is 5. The molecule has 1 aliphatic rings. The molecule has 0 saturated heterocycles. The highest BCUT2D eigenvalue weighted by Gasteiger charge is 2.28. The number of pyridine rings is 1. The number of aryl methyl sites for hydroxylation is 4. The summed E-state index contributed by atoms with van der Waals surface area (Å²) in [6, 6.07) is 7.79. The Bertz CT molecular complexity index is 1400. The van der Waals surface area contributed by atoms with Crippen LogP contribution in [-0.4, -0.2) is 16.8 Å². The minimum atomic E-state index is -0.330. The number of thiophene rings is 1. The molecule has 34 heavy (non-hydrogen) atoms. The van der Waals surface area contributed by atoms with E-state index in [-0.39, 0.29) is 17.6 Å². The molecule has 0 aliphatic heterocycles. The monoisotopic (exact) mass is 473 g/mol. The fourth-order valence-electron chi connectivity index (χ4n) is 4.52. The van der Waals surface area contributed by atoms with E-state index in [1.165, 1.54) is 16.2 Å².